The Kier molecular flexibility index (Phi) is 13.6. The summed E-state index contributed by atoms with van der Waals surface area (Å²) in [5.74, 6) is -0.0647. The van der Waals surface area contributed by atoms with Gasteiger partial charge in [0.25, 0.3) is 5.89 Å². The predicted molar refractivity (Wildman–Crippen MR) is 121 cm³/mol. The number of carbonyl (C=O) groups excluding carboxylic acids is 1. The molecule has 2 aromatic rings. The van der Waals surface area contributed by atoms with Crippen molar-refractivity contribution in [1.29, 1.82) is 0 Å². The number of oxazole rings is 1. The summed E-state index contributed by atoms with van der Waals surface area (Å²) in [7, 11) is 0. The molecule has 0 aliphatic carbocycles. The number of halogens is 1. The summed E-state index contributed by atoms with van der Waals surface area (Å²) in [6.07, 6.45) is 17.6. The number of nitrogens with one attached hydrogen (secondary N) is 1. The molecular weight excluding hydrogens is 379 g/mol. The molecule has 1 N–H and O–H groups in total. The van der Waals surface area contributed by atoms with E-state index in [9.17, 15) is 9.18 Å². The van der Waals surface area contributed by atoms with Crippen molar-refractivity contribution in [3.8, 4) is 0 Å². The molecule has 30 heavy (non-hydrogen) atoms. The van der Waals surface area contributed by atoms with Gasteiger partial charge in [-0.1, -0.05) is 64.2 Å². The minimum absolute atomic E-state index is 0.125. The molecule has 0 saturated carbocycles. The summed E-state index contributed by atoms with van der Waals surface area (Å²) in [6, 6.07) is 6.66. The molecule has 0 fully saturated rings. The summed E-state index contributed by atoms with van der Waals surface area (Å²) in [5.41, 5.74) is 3.49. The van der Waals surface area contributed by atoms with Gasteiger partial charge in [0, 0.05) is 11.9 Å². The maximum atomic E-state index is 13.0. The van der Waals surface area contributed by atoms with Crippen LogP contribution in [-0.4, -0.2) is 11.3 Å². The Morgan fingerprint density at radius 1 is 1.10 bits per heavy atom. The number of benzene rings is 1. The molecule has 0 aliphatic heterocycles. The number of allylic oxidation sites excluding steroid dienone is 3. The molecule has 0 atom stereocenters. The average Bonchev–Trinajstić information content (AvgIpc) is 3.29. The molecule has 1 aromatic heterocycles. The van der Waals surface area contributed by atoms with Crippen LogP contribution < -0.4 is 5.32 Å². The topological polar surface area (TPSA) is 55.1 Å². The zero-order valence-electron chi connectivity index (χ0n) is 18.5. The number of hydrogen-bond donors (Lipinski definition) is 1. The van der Waals surface area contributed by atoms with E-state index >= 15 is 0 Å². The first-order valence-corrected chi connectivity index (χ1v) is 10.8. The van der Waals surface area contributed by atoms with Crippen LogP contribution in [0.2, 0.25) is 0 Å². The van der Waals surface area contributed by atoms with Gasteiger partial charge in [0.1, 0.15) is 12.1 Å². The molecule has 5 heteroatoms. The Bertz CT molecular complexity index is 750. The first-order valence-electron chi connectivity index (χ1n) is 10.8. The molecule has 0 saturated heterocycles. The normalized spacial score (nSPS) is 11.6. The van der Waals surface area contributed by atoms with Gasteiger partial charge in [0.2, 0.25) is 6.29 Å². The number of rotatable bonds is 12. The van der Waals surface area contributed by atoms with Gasteiger partial charge in [-0.2, -0.15) is 0 Å². The van der Waals surface area contributed by atoms with E-state index in [2.05, 4.69) is 41.6 Å². The lowest BCUT2D eigenvalue weighted by Crippen LogP contribution is -2.06. The van der Waals surface area contributed by atoms with Crippen LogP contribution in [0.25, 0.3) is 5.57 Å². The van der Waals surface area contributed by atoms with Crippen LogP contribution in [0.4, 0.5) is 4.39 Å². The molecule has 1 heterocycles. The quantitative estimate of drug-likeness (QED) is 0.292. The highest BCUT2D eigenvalue weighted by Crippen LogP contribution is 2.15. The third-order valence-corrected chi connectivity index (χ3v) is 4.55. The Morgan fingerprint density at radius 2 is 1.83 bits per heavy atom. The van der Waals surface area contributed by atoms with Crippen LogP contribution in [0.1, 0.15) is 88.4 Å². The Labute approximate surface area is 180 Å². The number of carbonyl (C=O) groups is 1. The van der Waals surface area contributed by atoms with Crippen LogP contribution in [0.3, 0.4) is 0 Å². The lowest BCUT2D eigenvalue weighted by atomic mass is 10.1. The fourth-order valence-corrected chi connectivity index (χ4v) is 2.76. The monoisotopic (exact) mass is 414 g/mol. The van der Waals surface area contributed by atoms with Gasteiger partial charge < -0.3 is 9.73 Å². The SMILES string of the molecule is CCC/C=C(\CCCCCCC)N/C=C(\C)c1ccc(F)cc1.O=Cc1ncco1. The number of aldehydes is 1. The van der Waals surface area contributed by atoms with Gasteiger partial charge in [-0.25, -0.2) is 9.37 Å². The minimum Gasteiger partial charge on any atom is -0.443 e. The molecule has 0 radical (unpaired) electrons. The van der Waals surface area contributed by atoms with Crippen LogP contribution in [0.15, 0.2) is 59.1 Å². The number of hydrogen-bond acceptors (Lipinski definition) is 4. The smallest absolute Gasteiger partial charge is 0.259 e. The lowest BCUT2D eigenvalue weighted by Gasteiger charge is -2.10. The molecule has 0 bridgehead atoms. The summed E-state index contributed by atoms with van der Waals surface area (Å²) in [5, 5.41) is 3.46. The molecule has 0 unspecified atom stereocenters. The van der Waals surface area contributed by atoms with E-state index in [4.69, 9.17) is 0 Å². The molecule has 164 valence electrons. The second-order valence-electron chi connectivity index (χ2n) is 7.15. The van der Waals surface area contributed by atoms with Crippen molar-refractivity contribution < 1.29 is 13.6 Å². The van der Waals surface area contributed by atoms with Crippen LogP contribution in [-0.2, 0) is 0 Å². The van der Waals surface area contributed by atoms with Crippen LogP contribution in [0.5, 0.6) is 0 Å². The predicted octanol–water partition coefficient (Wildman–Crippen LogP) is 7.31. The number of nitrogens with zero attached hydrogens (tertiary/aromatic N) is 1. The summed E-state index contributed by atoms with van der Waals surface area (Å²) in [4.78, 5) is 13.2. The summed E-state index contributed by atoms with van der Waals surface area (Å²) < 4.78 is 17.5. The van der Waals surface area contributed by atoms with E-state index in [1.807, 2.05) is 18.3 Å². The molecule has 4 nitrogen and oxygen atoms in total. The molecule has 2 rings (SSSR count). The van der Waals surface area contributed by atoms with Crippen LogP contribution >= 0.6 is 0 Å². The van der Waals surface area contributed by atoms with Gasteiger partial charge >= 0.3 is 0 Å². The fourth-order valence-electron chi connectivity index (χ4n) is 2.76. The maximum absolute atomic E-state index is 13.0. The van der Waals surface area contributed by atoms with Crippen molar-refractivity contribution in [3.63, 3.8) is 0 Å². The largest absolute Gasteiger partial charge is 0.443 e. The van der Waals surface area contributed by atoms with Crippen LogP contribution in [0, 0.1) is 5.82 Å². The summed E-state index contributed by atoms with van der Waals surface area (Å²) in [6.45, 7) is 6.51. The van der Waals surface area contributed by atoms with E-state index in [-0.39, 0.29) is 11.7 Å². The van der Waals surface area contributed by atoms with E-state index in [0.29, 0.717) is 6.29 Å². The van der Waals surface area contributed by atoms with Crippen molar-refractivity contribution >= 4 is 11.9 Å². The van der Waals surface area contributed by atoms with E-state index in [0.717, 1.165) is 24.0 Å². The first-order chi connectivity index (χ1) is 14.6. The van der Waals surface area contributed by atoms with Crippen molar-refractivity contribution in [3.05, 3.63) is 72.0 Å². The van der Waals surface area contributed by atoms with Crippen molar-refractivity contribution in [2.24, 2.45) is 0 Å². The van der Waals surface area contributed by atoms with Crippen molar-refractivity contribution in [1.82, 2.24) is 10.3 Å². The Hall–Kier alpha value is -2.69. The first kappa shape index (κ1) is 25.3. The second-order valence-corrected chi connectivity index (χ2v) is 7.15. The minimum atomic E-state index is -0.190. The van der Waals surface area contributed by atoms with Gasteiger partial charge in [0.05, 0.1) is 6.20 Å². The standard InChI is InChI=1S/C21H32FN.C4H3NO2/c1-4-6-8-9-10-12-21(11-7-5-2)23-17-18(3)19-13-15-20(22)16-14-19;6-3-4-5-1-2-7-4/h11,13-17,23H,4-10,12H2,1-3H3;1-3H/b18-17+,21-11+;. The fraction of sp³-hybridized carbons (Fsp3) is 0.440. The molecule has 1 aromatic carbocycles. The Balaban J connectivity index is 0.000000539. The maximum Gasteiger partial charge on any atom is 0.259 e. The third-order valence-electron chi connectivity index (χ3n) is 4.55. The molecule has 0 spiro atoms. The van der Waals surface area contributed by atoms with Crippen molar-refractivity contribution in [2.45, 2.75) is 72.1 Å². The number of aromatic nitrogens is 1. The van der Waals surface area contributed by atoms with E-state index in [1.54, 1.807) is 0 Å². The van der Waals surface area contributed by atoms with Gasteiger partial charge in [-0.15, -0.1) is 0 Å². The van der Waals surface area contributed by atoms with E-state index in [1.165, 1.54) is 68.8 Å². The number of unbranched alkanes of at least 4 members (excludes halogenated alkanes) is 5. The van der Waals surface area contributed by atoms with Crippen molar-refractivity contribution in [2.75, 3.05) is 0 Å². The lowest BCUT2D eigenvalue weighted by molar-refractivity contribution is 0.109. The zero-order chi connectivity index (χ0) is 22.0. The molecular formula is C25H35FN2O2. The molecule has 0 amide bonds. The third kappa shape index (κ3) is 11.3. The summed E-state index contributed by atoms with van der Waals surface area (Å²) >= 11 is 0. The highest BCUT2D eigenvalue weighted by atomic mass is 19.1. The van der Waals surface area contributed by atoms with Gasteiger partial charge in [0.15, 0.2) is 0 Å². The highest BCUT2D eigenvalue weighted by molar-refractivity contribution is 5.66. The second kappa shape index (κ2) is 16.1. The van der Waals surface area contributed by atoms with Gasteiger partial charge in [-0.05, 0) is 49.5 Å². The Morgan fingerprint density at radius 3 is 2.40 bits per heavy atom. The highest BCUT2D eigenvalue weighted by Gasteiger charge is 1.99. The molecule has 0 aliphatic rings. The average molecular weight is 415 g/mol. The zero-order valence-corrected chi connectivity index (χ0v) is 18.5. The van der Waals surface area contributed by atoms with E-state index < -0.39 is 0 Å². The van der Waals surface area contributed by atoms with Gasteiger partial charge in [-0.3, -0.25) is 4.79 Å².